The third-order valence-corrected chi connectivity index (χ3v) is 4.10. The van der Waals surface area contributed by atoms with Crippen LogP contribution in [0.1, 0.15) is 44.3 Å². The Kier molecular flexibility index (Phi) is 7.79. The molecule has 1 aliphatic heterocycles. The Morgan fingerprint density at radius 2 is 1.90 bits per heavy atom. The Balaban J connectivity index is 1.77. The first-order chi connectivity index (χ1) is 10.4. The summed E-state index contributed by atoms with van der Waals surface area (Å²) in [6, 6.07) is 10.6. The van der Waals surface area contributed by atoms with Gasteiger partial charge >= 0.3 is 0 Å². The van der Waals surface area contributed by atoms with E-state index in [1.54, 1.807) is 0 Å². The molecule has 0 saturated carbocycles. The van der Waals surface area contributed by atoms with Crippen LogP contribution in [0.4, 0.5) is 0 Å². The summed E-state index contributed by atoms with van der Waals surface area (Å²) in [5.74, 6) is 0. The van der Waals surface area contributed by atoms with E-state index in [4.69, 9.17) is 4.74 Å². The minimum atomic E-state index is 0.169. The summed E-state index contributed by atoms with van der Waals surface area (Å²) >= 11 is 0. The van der Waals surface area contributed by atoms with Gasteiger partial charge in [0.2, 0.25) is 0 Å². The average molecular weight is 290 g/mol. The Morgan fingerprint density at radius 1 is 1.14 bits per heavy atom. The van der Waals surface area contributed by atoms with Crippen molar-refractivity contribution in [2.24, 2.45) is 0 Å². The molecule has 1 aromatic carbocycles. The number of piperidine rings is 1. The van der Waals surface area contributed by atoms with Gasteiger partial charge in [-0.05, 0) is 44.5 Å². The lowest BCUT2D eigenvalue weighted by Gasteiger charge is -2.27. The van der Waals surface area contributed by atoms with Crippen LogP contribution < -0.4 is 5.32 Å². The minimum absolute atomic E-state index is 0.169. The first kappa shape index (κ1) is 16.5. The van der Waals surface area contributed by atoms with Gasteiger partial charge in [0.1, 0.15) is 0 Å². The number of hydrogen-bond acceptors (Lipinski definition) is 3. The van der Waals surface area contributed by atoms with E-state index in [1.807, 2.05) is 0 Å². The molecule has 1 N–H and O–H groups in total. The number of nitrogens with one attached hydrogen (secondary N) is 1. The maximum atomic E-state index is 6.17. The topological polar surface area (TPSA) is 24.5 Å². The molecule has 0 bridgehead atoms. The zero-order valence-corrected chi connectivity index (χ0v) is 13.4. The Hall–Kier alpha value is -0.900. The molecule has 0 aromatic heterocycles. The van der Waals surface area contributed by atoms with Gasteiger partial charge in [0, 0.05) is 13.1 Å². The van der Waals surface area contributed by atoms with Gasteiger partial charge in [-0.3, -0.25) is 0 Å². The van der Waals surface area contributed by atoms with E-state index >= 15 is 0 Å². The van der Waals surface area contributed by atoms with Gasteiger partial charge in [0.25, 0.3) is 0 Å². The lowest BCUT2D eigenvalue weighted by molar-refractivity contribution is 0.0338. The van der Waals surface area contributed by atoms with Crippen LogP contribution in [0.5, 0.6) is 0 Å². The molecule has 1 unspecified atom stereocenters. The Labute approximate surface area is 129 Å². The van der Waals surface area contributed by atoms with Gasteiger partial charge in [-0.2, -0.15) is 0 Å². The molecule has 1 fully saturated rings. The summed E-state index contributed by atoms with van der Waals surface area (Å²) in [6.07, 6.45) is 5.42. The van der Waals surface area contributed by atoms with Crippen molar-refractivity contribution in [1.82, 2.24) is 10.2 Å². The SMILES string of the molecule is CCCNCC(OCCN1CCCCC1)c1ccccc1. The van der Waals surface area contributed by atoms with E-state index in [1.165, 1.54) is 37.9 Å². The molecule has 3 nitrogen and oxygen atoms in total. The maximum absolute atomic E-state index is 6.17. The second-order valence-corrected chi connectivity index (χ2v) is 5.88. The lowest BCUT2D eigenvalue weighted by Crippen LogP contribution is -2.33. The van der Waals surface area contributed by atoms with Crippen LogP contribution in [0.2, 0.25) is 0 Å². The number of nitrogens with zero attached hydrogens (tertiary/aromatic N) is 1. The molecule has 118 valence electrons. The zero-order valence-electron chi connectivity index (χ0n) is 13.4. The Morgan fingerprint density at radius 3 is 2.62 bits per heavy atom. The van der Waals surface area contributed by atoms with Crippen molar-refractivity contribution in [2.75, 3.05) is 39.3 Å². The summed E-state index contributed by atoms with van der Waals surface area (Å²) < 4.78 is 6.17. The monoisotopic (exact) mass is 290 g/mol. The molecule has 1 aromatic rings. The van der Waals surface area contributed by atoms with Crippen LogP contribution >= 0.6 is 0 Å². The van der Waals surface area contributed by atoms with Crippen molar-refractivity contribution in [1.29, 1.82) is 0 Å². The number of ether oxygens (including phenoxy) is 1. The normalized spacial score (nSPS) is 17.8. The molecule has 1 saturated heterocycles. The molecule has 0 amide bonds. The number of hydrogen-bond donors (Lipinski definition) is 1. The van der Waals surface area contributed by atoms with Crippen molar-refractivity contribution in [2.45, 2.75) is 38.7 Å². The van der Waals surface area contributed by atoms with Gasteiger partial charge < -0.3 is 15.0 Å². The van der Waals surface area contributed by atoms with Crippen molar-refractivity contribution >= 4 is 0 Å². The van der Waals surface area contributed by atoms with Crippen LogP contribution in [0.3, 0.4) is 0 Å². The van der Waals surface area contributed by atoms with Crippen molar-refractivity contribution in [3.8, 4) is 0 Å². The third kappa shape index (κ3) is 6.16. The van der Waals surface area contributed by atoms with E-state index in [-0.39, 0.29) is 6.10 Å². The van der Waals surface area contributed by atoms with Gasteiger partial charge in [-0.15, -0.1) is 0 Å². The zero-order chi connectivity index (χ0) is 14.8. The van der Waals surface area contributed by atoms with Crippen LogP contribution in [0.15, 0.2) is 30.3 Å². The molecular weight excluding hydrogens is 260 g/mol. The smallest absolute Gasteiger partial charge is 0.0949 e. The first-order valence-corrected chi connectivity index (χ1v) is 8.49. The fourth-order valence-electron chi connectivity index (χ4n) is 2.86. The second-order valence-electron chi connectivity index (χ2n) is 5.88. The van der Waals surface area contributed by atoms with Gasteiger partial charge in [0.05, 0.1) is 12.7 Å². The molecular formula is C18H30N2O. The molecule has 1 aliphatic rings. The van der Waals surface area contributed by atoms with Crippen LogP contribution in [-0.4, -0.2) is 44.2 Å². The second kappa shape index (κ2) is 9.93. The number of benzene rings is 1. The first-order valence-electron chi connectivity index (χ1n) is 8.49. The largest absolute Gasteiger partial charge is 0.371 e. The van der Waals surface area contributed by atoms with Crippen LogP contribution in [0, 0.1) is 0 Å². The molecule has 1 heterocycles. The highest BCUT2D eigenvalue weighted by molar-refractivity contribution is 5.17. The molecule has 1 atom stereocenters. The molecule has 3 heteroatoms. The fraction of sp³-hybridized carbons (Fsp3) is 0.667. The van der Waals surface area contributed by atoms with Gasteiger partial charge in [0.15, 0.2) is 0 Å². The highest BCUT2D eigenvalue weighted by atomic mass is 16.5. The lowest BCUT2D eigenvalue weighted by atomic mass is 10.1. The third-order valence-electron chi connectivity index (χ3n) is 4.10. The summed E-state index contributed by atoms with van der Waals surface area (Å²) in [6.45, 7) is 8.53. The van der Waals surface area contributed by atoms with E-state index in [2.05, 4.69) is 47.5 Å². The van der Waals surface area contributed by atoms with Gasteiger partial charge in [-0.1, -0.05) is 43.7 Å². The van der Waals surface area contributed by atoms with E-state index in [0.29, 0.717) is 0 Å². The molecule has 0 spiro atoms. The maximum Gasteiger partial charge on any atom is 0.0949 e. The van der Waals surface area contributed by atoms with Crippen LogP contribution in [0.25, 0.3) is 0 Å². The number of rotatable bonds is 9. The van der Waals surface area contributed by atoms with Crippen LogP contribution in [-0.2, 0) is 4.74 Å². The predicted molar refractivity (Wildman–Crippen MR) is 88.6 cm³/mol. The Bertz CT molecular complexity index is 363. The molecule has 0 aliphatic carbocycles. The van der Waals surface area contributed by atoms with Crippen molar-refractivity contribution in [3.63, 3.8) is 0 Å². The highest BCUT2D eigenvalue weighted by Gasteiger charge is 2.13. The average Bonchev–Trinajstić information content (AvgIpc) is 2.55. The summed E-state index contributed by atoms with van der Waals surface area (Å²) in [5, 5.41) is 3.48. The highest BCUT2D eigenvalue weighted by Crippen LogP contribution is 2.16. The molecule has 21 heavy (non-hydrogen) atoms. The fourth-order valence-corrected chi connectivity index (χ4v) is 2.86. The van der Waals surface area contributed by atoms with Crippen molar-refractivity contribution < 1.29 is 4.74 Å². The molecule has 0 radical (unpaired) electrons. The van der Waals surface area contributed by atoms with Crippen molar-refractivity contribution in [3.05, 3.63) is 35.9 Å². The summed E-state index contributed by atoms with van der Waals surface area (Å²) in [7, 11) is 0. The quantitative estimate of drug-likeness (QED) is 0.707. The standard InChI is InChI=1S/C18H30N2O/c1-2-11-19-16-18(17-9-5-3-6-10-17)21-15-14-20-12-7-4-8-13-20/h3,5-6,9-10,18-19H,2,4,7-8,11-16H2,1H3. The van der Waals surface area contributed by atoms with Gasteiger partial charge in [-0.25, -0.2) is 0 Å². The number of likely N-dealkylation sites (tertiary alicyclic amines) is 1. The van der Waals surface area contributed by atoms with E-state index in [9.17, 15) is 0 Å². The summed E-state index contributed by atoms with van der Waals surface area (Å²) in [4.78, 5) is 2.53. The molecule has 2 rings (SSSR count). The summed E-state index contributed by atoms with van der Waals surface area (Å²) in [5.41, 5.74) is 1.28. The minimum Gasteiger partial charge on any atom is -0.371 e. The van der Waals surface area contributed by atoms with E-state index in [0.717, 1.165) is 32.7 Å². The van der Waals surface area contributed by atoms with E-state index < -0.39 is 0 Å². The predicted octanol–water partition coefficient (Wildman–Crippen LogP) is 3.23.